The molecule has 1 heterocycles. The topological polar surface area (TPSA) is 97.4 Å². The first-order valence-electron chi connectivity index (χ1n) is 8.72. The number of methoxy groups -OCH3 is 1. The van der Waals surface area contributed by atoms with E-state index in [0.29, 0.717) is 5.69 Å². The van der Waals surface area contributed by atoms with Crippen LogP contribution in [0.5, 0.6) is 5.75 Å². The van der Waals surface area contributed by atoms with E-state index in [4.69, 9.17) is 4.74 Å². The molecular formula is C20H21N3O4S2. The lowest BCUT2D eigenvalue weighted by Crippen LogP contribution is -2.13. The van der Waals surface area contributed by atoms with Crippen molar-refractivity contribution in [2.45, 2.75) is 25.7 Å². The van der Waals surface area contributed by atoms with Crippen LogP contribution in [0, 0.1) is 13.8 Å². The van der Waals surface area contributed by atoms with E-state index in [1.807, 2.05) is 32.0 Å². The summed E-state index contributed by atoms with van der Waals surface area (Å²) in [4.78, 5) is 16.5. The van der Waals surface area contributed by atoms with Gasteiger partial charge in [0, 0.05) is 23.1 Å². The summed E-state index contributed by atoms with van der Waals surface area (Å²) < 4.78 is 33.2. The van der Waals surface area contributed by atoms with Gasteiger partial charge in [0.1, 0.15) is 5.75 Å². The Morgan fingerprint density at radius 1 is 1.10 bits per heavy atom. The van der Waals surface area contributed by atoms with Crippen LogP contribution in [0.4, 0.5) is 10.8 Å². The van der Waals surface area contributed by atoms with Gasteiger partial charge in [0.05, 0.1) is 17.7 Å². The number of nitrogens with zero attached hydrogens (tertiary/aromatic N) is 1. The lowest BCUT2D eigenvalue weighted by Gasteiger charge is -2.07. The molecule has 3 aromatic rings. The Kier molecular flexibility index (Phi) is 5.90. The van der Waals surface area contributed by atoms with Crippen LogP contribution in [0.3, 0.4) is 0 Å². The van der Waals surface area contributed by atoms with Crippen LogP contribution in [0.2, 0.25) is 0 Å². The van der Waals surface area contributed by atoms with Gasteiger partial charge in [-0.1, -0.05) is 0 Å². The molecular weight excluding hydrogens is 410 g/mol. The molecule has 1 amide bonds. The summed E-state index contributed by atoms with van der Waals surface area (Å²) in [5.41, 5.74) is 3.11. The molecule has 0 aliphatic carbocycles. The molecule has 2 aromatic carbocycles. The van der Waals surface area contributed by atoms with Gasteiger partial charge >= 0.3 is 0 Å². The van der Waals surface area contributed by atoms with Gasteiger partial charge in [0.2, 0.25) is 5.91 Å². The van der Waals surface area contributed by atoms with E-state index in [-0.39, 0.29) is 15.9 Å². The minimum absolute atomic E-state index is 0.0845. The van der Waals surface area contributed by atoms with Crippen molar-refractivity contribution < 1.29 is 17.9 Å². The quantitative estimate of drug-likeness (QED) is 0.610. The molecule has 0 aliphatic rings. The van der Waals surface area contributed by atoms with Crippen LogP contribution >= 0.6 is 11.3 Å². The maximum atomic E-state index is 12.7. The molecule has 0 saturated heterocycles. The molecule has 1 aromatic heterocycles. The molecule has 0 saturated carbocycles. The minimum Gasteiger partial charge on any atom is -0.496 e. The van der Waals surface area contributed by atoms with Crippen LogP contribution in [0.1, 0.15) is 17.4 Å². The number of carbonyl (C=O) groups is 1. The molecule has 0 bridgehead atoms. The summed E-state index contributed by atoms with van der Waals surface area (Å²) in [6.45, 7) is 5.23. The molecule has 29 heavy (non-hydrogen) atoms. The molecule has 3 rings (SSSR count). The number of thiazole rings is 1. The number of amides is 1. The first-order chi connectivity index (χ1) is 13.7. The monoisotopic (exact) mass is 431 g/mol. The summed E-state index contributed by atoms with van der Waals surface area (Å²) in [5, 5.41) is 2.89. The van der Waals surface area contributed by atoms with E-state index < -0.39 is 10.0 Å². The lowest BCUT2D eigenvalue weighted by molar-refractivity contribution is -0.114. The number of ether oxygens (including phenoxy) is 1. The van der Waals surface area contributed by atoms with Gasteiger partial charge < -0.3 is 10.1 Å². The average molecular weight is 432 g/mol. The van der Waals surface area contributed by atoms with Gasteiger partial charge in [-0.2, -0.15) is 0 Å². The van der Waals surface area contributed by atoms with Crippen LogP contribution in [0.25, 0.3) is 11.3 Å². The minimum atomic E-state index is -3.80. The molecule has 0 atom stereocenters. The summed E-state index contributed by atoms with van der Waals surface area (Å²) in [5.74, 6) is 0.559. The Bertz CT molecular complexity index is 1150. The zero-order valence-electron chi connectivity index (χ0n) is 16.4. The van der Waals surface area contributed by atoms with Gasteiger partial charge in [-0.25, -0.2) is 13.4 Å². The van der Waals surface area contributed by atoms with Crippen molar-refractivity contribution in [3.05, 3.63) is 52.9 Å². The smallest absolute Gasteiger partial charge is 0.263 e. The summed E-state index contributed by atoms with van der Waals surface area (Å²) >= 11 is 1.27. The molecule has 7 nitrogen and oxygen atoms in total. The van der Waals surface area contributed by atoms with Crippen molar-refractivity contribution in [3.8, 4) is 17.0 Å². The molecule has 0 aliphatic heterocycles. The highest BCUT2D eigenvalue weighted by Gasteiger charge is 2.18. The molecule has 152 valence electrons. The highest BCUT2D eigenvalue weighted by Crippen LogP contribution is 2.33. The van der Waals surface area contributed by atoms with Gasteiger partial charge in [0.15, 0.2) is 5.13 Å². The second-order valence-electron chi connectivity index (χ2n) is 6.42. The highest BCUT2D eigenvalue weighted by molar-refractivity contribution is 7.93. The number of anilines is 2. The molecule has 9 heteroatoms. The Labute approximate surface area is 173 Å². The maximum absolute atomic E-state index is 12.7. The Morgan fingerprint density at radius 3 is 2.38 bits per heavy atom. The number of aryl methyl sites for hydroxylation is 2. The molecule has 0 unspecified atom stereocenters. The van der Waals surface area contributed by atoms with E-state index in [1.54, 1.807) is 7.11 Å². The van der Waals surface area contributed by atoms with E-state index in [2.05, 4.69) is 15.0 Å². The third kappa shape index (κ3) is 4.75. The third-order valence-electron chi connectivity index (χ3n) is 4.17. The molecule has 0 radical (unpaired) electrons. The van der Waals surface area contributed by atoms with Crippen LogP contribution < -0.4 is 14.8 Å². The van der Waals surface area contributed by atoms with E-state index in [1.165, 1.54) is 42.5 Å². The van der Waals surface area contributed by atoms with Crippen molar-refractivity contribution in [2.75, 3.05) is 17.1 Å². The number of benzene rings is 2. The largest absolute Gasteiger partial charge is 0.496 e. The van der Waals surface area contributed by atoms with E-state index >= 15 is 0 Å². The number of carbonyl (C=O) groups excluding carboxylic acids is 1. The Balaban J connectivity index is 1.84. The number of sulfonamides is 1. The van der Waals surface area contributed by atoms with Gasteiger partial charge in [-0.3, -0.25) is 9.52 Å². The fraction of sp³-hybridized carbons (Fsp3) is 0.200. The van der Waals surface area contributed by atoms with Crippen molar-refractivity contribution in [1.29, 1.82) is 0 Å². The predicted molar refractivity (Wildman–Crippen MR) is 115 cm³/mol. The number of aromatic nitrogens is 1. The summed E-state index contributed by atoms with van der Waals surface area (Å²) in [6, 6.07) is 11.7. The second kappa shape index (κ2) is 8.22. The molecule has 0 spiro atoms. The summed E-state index contributed by atoms with van der Waals surface area (Å²) in [6.07, 6.45) is 0. The lowest BCUT2D eigenvalue weighted by atomic mass is 10.1. The van der Waals surface area contributed by atoms with E-state index in [0.717, 1.165) is 27.4 Å². The zero-order chi connectivity index (χ0) is 21.2. The van der Waals surface area contributed by atoms with Crippen LogP contribution in [0.15, 0.2) is 47.4 Å². The van der Waals surface area contributed by atoms with Crippen LogP contribution in [-0.2, 0) is 14.8 Å². The van der Waals surface area contributed by atoms with E-state index in [9.17, 15) is 13.2 Å². The maximum Gasteiger partial charge on any atom is 0.263 e. The molecule has 0 fully saturated rings. The number of rotatable bonds is 6. The fourth-order valence-electron chi connectivity index (χ4n) is 2.83. The summed E-state index contributed by atoms with van der Waals surface area (Å²) in [7, 11) is -2.18. The Morgan fingerprint density at radius 2 is 1.79 bits per heavy atom. The number of hydrogen-bond donors (Lipinski definition) is 2. The van der Waals surface area contributed by atoms with Gasteiger partial charge in [-0.15, -0.1) is 11.3 Å². The fourth-order valence-corrected chi connectivity index (χ4v) is 4.90. The number of hydrogen-bond acceptors (Lipinski definition) is 6. The van der Waals surface area contributed by atoms with Crippen molar-refractivity contribution >= 4 is 38.1 Å². The highest BCUT2D eigenvalue weighted by atomic mass is 32.2. The standard InChI is InChI=1S/C20H21N3O4S2/c1-12-11-15(5-10-18(12)27-4)19-13(2)28-20(22-19)23-29(25,26)17-8-6-16(7-9-17)21-14(3)24/h5-11H,1-4H3,(H,21,24)(H,22,23). The van der Waals surface area contributed by atoms with Crippen molar-refractivity contribution in [3.63, 3.8) is 0 Å². The average Bonchev–Trinajstić information content (AvgIpc) is 3.01. The van der Waals surface area contributed by atoms with Crippen molar-refractivity contribution in [2.24, 2.45) is 0 Å². The number of nitrogens with one attached hydrogen (secondary N) is 2. The normalized spacial score (nSPS) is 11.2. The Hall–Kier alpha value is -2.91. The SMILES string of the molecule is COc1ccc(-c2nc(NS(=O)(=O)c3ccc(NC(C)=O)cc3)sc2C)cc1C. The second-order valence-corrected chi connectivity index (χ2v) is 9.30. The van der Waals surface area contributed by atoms with Crippen molar-refractivity contribution in [1.82, 2.24) is 4.98 Å². The zero-order valence-corrected chi connectivity index (χ0v) is 18.1. The first-order valence-corrected chi connectivity index (χ1v) is 11.0. The van der Waals surface area contributed by atoms with Gasteiger partial charge in [0.25, 0.3) is 10.0 Å². The molecule has 2 N–H and O–H groups in total. The van der Waals surface area contributed by atoms with Crippen LogP contribution in [-0.4, -0.2) is 26.4 Å². The van der Waals surface area contributed by atoms with Gasteiger partial charge in [-0.05, 0) is 61.9 Å². The predicted octanol–water partition coefficient (Wildman–Crippen LogP) is 4.19. The third-order valence-corrected chi connectivity index (χ3v) is 6.54. The first kappa shape index (κ1) is 20.8.